The summed E-state index contributed by atoms with van der Waals surface area (Å²) in [6.07, 6.45) is 2.39. The van der Waals surface area contributed by atoms with Crippen LogP contribution in [0, 0.1) is 5.92 Å². The van der Waals surface area contributed by atoms with Gasteiger partial charge < -0.3 is 5.32 Å². The molecule has 1 aromatic carbocycles. The molecule has 1 aliphatic carbocycles. The molecule has 0 spiro atoms. The van der Waals surface area contributed by atoms with E-state index in [4.69, 9.17) is 0 Å². The highest BCUT2D eigenvalue weighted by atomic mass is 19.3. The second-order valence-electron chi connectivity index (χ2n) is 5.21. The molecule has 3 heteroatoms. The van der Waals surface area contributed by atoms with E-state index in [1.54, 1.807) is 18.2 Å². The number of nitrogens with one attached hydrogen (secondary N) is 1. The Kier molecular flexibility index (Phi) is 2.66. The quantitative estimate of drug-likeness (QED) is 0.850. The molecule has 1 heterocycles. The number of hydrogen-bond donors (Lipinski definition) is 1. The summed E-state index contributed by atoms with van der Waals surface area (Å²) >= 11 is 0. The first-order chi connectivity index (χ1) is 8.18. The molecule has 1 unspecified atom stereocenters. The fraction of sp³-hybridized carbons (Fsp3) is 0.571. The minimum Gasteiger partial charge on any atom is -0.316 e. The Morgan fingerprint density at radius 2 is 2.00 bits per heavy atom. The van der Waals surface area contributed by atoms with Crippen LogP contribution in [0.4, 0.5) is 8.78 Å². The van der Waals surface area contributed by atoms with E-state index in [0.717, 1.165) is 25.1 Å². The van der Waals surface area contributed by atoms with E-state index < -0.39 is 11.8 Å². The number of hydrogen-bond acceptors (Lipinski definition) is 1. The van der Waals surface area contributed by atoms with Crippen molar-refractivity contribution in [3.63, 3.8) is 0 Å². The summed E-state index contributed by atoms with van der Waals surface area (Å²) < 4.78 is 28.0. The third kappa shape index (κ3) is 2.08. The van der Waals surface area contributed by atoms with Crippen LogP contribution < -0.4 is 5.32 Å². The summed E-state index contributed by atoms with van der Waals surface area (Å²) in [4.78, 5) is 0. The fourth-order valence-electron chi connectivity index (χ4n) is 2.62. The van der Waals surface area contributed by atoms with Crippen molar-refractivity contribution in [3.8, 4) is 0 Å². The van der Waals surface area contributed by atoms with E-state index >= 15 is 0 Å². The fourth-order valence-corrected chi connectivity index (χ4v) is 2.62. The molecule has 2 aliphatic rings. The van der Waals surface area contributed by atoms with E-state index in [1.165, 1.54) is 0 Å². The zero-order valence-electron chi connectivity index (χ0n) is 9.76. The summed E-state index contributed by atoms with van der Waals surface area (Å²) in [6, 6.07) is 7.05. The number of benzene rings is 1. The first-order valence-electron chi connectivity index (χ1n) is 6.37. The average Bonchev–Trinajstić information content (AvgIpc) is 3.06. The Bertz CT molecular complexity index is 406. The van der Waals surface area contributed by atoms with Gasteiger partial charge in [-0.05, 0) is 43.4 Å². The van der Waals surface area contributed by atoms with E-state index in [1.807, 2.05) is 6.07 Å². The van der Waals surface area contributed by atoms with Gasteiger partial charge in [0.15, 0.2) is 0 Å². The van der Waals surface area contributed by atoms with E-state index in [9.17, 15) is 8.78 Å². The van der Waals surface area contributed by atoms with Crippen molar-refractivity contribution in [2.45, 2.75) is 31.1 Å². The zero-order chi connectivity index (χ0) is 11.9. The van der Waals surface area contributed by atoms with Gasteiger partial charge in [-0.25, -0.2) is 8.78 Å². The van der Waals surface area contributed by atoms with Crippen molar-refractivity contribution < 1.29 is 8.78 Å². The lowest BCUT2D eigenvalue weighted by Gasteiger charge is -2.18. The van der Waals surface area contributed by atoms with E-state index in [0.29, 0.717) is 18.8 Å². The largest absolute Gasteiger partial charge is 0.316 e. The maximum Gasteiger partial charge on any atom is 0.276 e. The molecule has 0 bridgehead atoms. The van der Waals surface area contributed by atoms with Gasteiger partial charge in [-0.3, -0.25) is 0 Å². The third-order valence-electron chi connectivity index (χ3n) is 3.89. The summed E-state index contributed by atoms with van der Waals surface area (Å²) in [5.74, 6) is -2.63. The smallest absolute Gasteiger partial charge is 0.276 e. The molecule has 1 atom stereocenters. The number of halogens is 2. The molecule has 1 aliphatic heterocycles. The minimum atomic E-state index is -2.62. The van der Waals surface area contributed by atoms with Crippen LogP contribution in [-0.4, -0.2) is 13.1 Å². The predicted octanol–water partition coefficient (Wildman–Crippen LogP) is 3.27. The lowest BCUT2D eigenvalue weighted by molar-refractivity contribution is -0.0286. The zero-order valence-corrected chi connectivity index (χ0v) is 9.76. The highest BCUT2D eigenvalue weighted by Crippen LogP contribution is 2.49. The molecule has 1 saturated carbocycles. The molecule has 3 rings (SSSR count). The van der Waals surface area contributed by atoms with Gasteiger partial charge >= 0.3 is 0 Å². The van der Waals surface area contributed by atoms with Crippen LogP contribution in [-0.2, 0) is 5.92 Å². The molecule has 92 valence electrons. The van der Waals surface area contributed by atoms with Crippen molar-refractivity contribution >= 4 is 0 Å². The molecule has 0 radical (unpaired) electrons. The summed E-state index contributed by atoms with van der Waals surface area (Å²) in [5, 5.41) is 3.28. The summed E-state index contributed by atoms with van der Waals surface area (Å²) in [5.41, 5.74) is 1.28. The van der Waals surface area contributed by atoms with Gasteiger partial charge in [-0.15, -0.1) is 0 Å². The van der Waals surface area contributed by atoms with Crippen LogP contribution in [0.3, 0.4) is 0 Å². The van der Waals surface area contributed by atoms with Gasteiger partial charge in [0.25, 0.3) is 5.92 Å². The summed E-state index contributed by atoms with van der Waals surface area (Å²) in [6.45, 7) is 1.91. The average molecular weight is 237 g/mol. The molecule has 1 nitrogen and oxygen atoms in total. The molecule has 1 saturated heterocycles. The molecular formula is C14H17F2N. The molecule has 1 aromatic rings. The van der Waals surface area contributed by atoms with Crippen LogP contribution in [0.2, 0.25) is 0 Å². The van der Waals surface area contributed by atoms with Gasteiger partial charge in [-0.2, -0.15) is 0 Å². The monoisotopic (exact) mass is 237 g/mol. The highest BCUT2D eigenvalue weighted by molar-refractivity contribution is 5.31. The predicted molar refractivity (Wildman–Crippen MR) is 63.3 cm³/mol. The normalized spacial score (nSPS) is 25.2. The SMILES string of the molecule is FC(F)(c1cccc(C2CCNC2)c1)C1CC1. The van der Waals surface area contributed by atoms with E-state index in [2.05, 4.69) is 5.32 Å². The second kappa shape index (κ2) is 4.05. The standard InChI is InChI=1S/C14H17F2N/c15-14(16,12-4-5-12)13-3-1-2-10(8-13)11-6-7-17-9-11/h1-3,8,11-12,17H,4-7,9H2. The van der Waals surface area contributed by atoms with E-state index in [-0.39, 0.29) is 5.56 Å². The molecule has 1 N–H and O–H groups in total. The molecule has 17 heavy (non-hydrogen) atoms. The Hall–Kier alpha value is -0.960. The minimum absolute atomic E-state index is 0.212. The van der Waals surface area contributed by atoms with Gasteiger partial charge in [0.1, 0.15) is 0 Å². The lowest BCUT2D eigenvalue weighted by Crippen LogP contribution is -2.16. The van der Waals surface area contributed by atoms with Crippen molar-refractivity contribution in [2.24, 2.45) is 5.92 Å². The number of alkyl halides is 2. The maximum atomic E-state index is 14.0. The third-order valence-corrected chi connectivity index (χ3v) is 3.89. The topological polar surface area (TPSA) is 12.0 Å². The van der Waals surface area contributed by atoms with Gasteiger partial charge in [0, 0.05) is 18.0 Å². The maximum absolute atomic E-state index is 14.0. The van der Waals surface area contributed by atoms with Crippen molar-refractivity contribution in [3.05, 3.63) is 35.4 Å². The Morgan fingerprint density at radius 1 is 1.18 bits per heavy atom. The Morgan fingerprint density at radius 3 is 2.65 bits per heavy atom. The van der Waals surface area contributed by atoms with Crippen LogP contribution in [0.25, 0.3) is 0 Å². The van der Waals surface area contributed by atoms with Crippen molar-refractivity contribution in [1.82, 2.24) is 5.32 Å². The van der Waals surface area contributed by atoms with Crippen LogP contribution in [0.15, 0.2) is 24.3 Å². The van der Waals surface area contributed by atoms with Crippen LogP contribution >= 0.6 is 0 Å². The van der Waals surface area contributed by atoms with Gasteiger partial charge in [-0.1, -0.05) is 18.2 Å². The van der Waals surface area contributed by atoms with Crippen LogP contribution in [0.1, 0.15) is 36.3 Å². The lowest BCUT2D eigenvalue weighted by atomic mass is 9.94. The van der Waals surface area contributed by atoms with Gasteiger partial charge in [0.05, 0.1) is 0 Å². The van der Waals surface area contributed by atoms with Gasteiger partial charge in [0.2, 0.25) is 0 Å². The molecule has 2 fully saturated rings. The Balaban J connectivity index is 1.87. The van der Waals surface area contributed by atoms with Crippen LogP contribution in [0.5, 0.6) is 0 Å². The summed E-state index contributed by atoms with van der Waals surface area (Å²) in [7, 11) is 0. The Labute approximate surface area is 100 Å². The molecular weight excluding hydrogens is 220 g/mol. The molecule has 0 aromatic heterocycles. The van der Waals surface area contributed by atoms with Crippen molar-refractivity contribution in [1.29, 1.82) is 0 Å². The van der Waals surface area contributed by atoms with Crippen molar-refractivity contribution in [2.75, 3.05) is 13.1 Å². The second-order valence-corrected chi connectivity index (χ2v) is 5.21. The molecule has 0 amide bonds. The first kappa shape index (κ1) is 11.1. The first-order valence-corrected chi connectivity index (χ1v) is 6.37. The highest BCUT2D eigenvalue weighted by Gasteiger charge is 2.47. The number of rotatable bonds is 3.